The van der Waals surface area contributed by atoms with E-state index in [2.05, 4.69) is 49.7 Å². The highest BCUT2D eigenvalue weighted by atomic mass is 32.1. The summed E-state index contributed by atoms with van der Waals surface area (Å²) in [5, 5.41) is 46.5. The lowest BCUT2D eigenvalue weighted by Gasteiger charge is -2.33. The average Bonchev–Trinajstić information content (AvgIpc) is 1.61. The highest BCUT2D eigenvalue weighted by Crippen LogP contribution is 2.41. The fourth-order valence-corrected chi connectivity index (χ4v) is 16.2. The second-order valence-corrected chi connectivity index (χ2v) is 33.4. The molecule has 648 valence electrons. The Hall–Kier alpha value is -14.0. The molecule has 36 heteroatoms. The lowest BCUT2D eigenvalue weighted by Crippen LogP contribution is -2.37. The molecule has 0 radical (unpaired) electrons. The van der Waals surface area contributed by atoms with Crippen molar-refractivity contribution < 1.29 is 85.1 Å². The van der Waals surface area contributed by atoms with Crippen molar-refractivity contribution in [3.63, 3.8) is 0 Å². The number of carbonyl (C=O) groups is 5. The SMILES string of the molecule is CC(C)N(C)c1nc2oc(C(=O)O)cc2nc1-c1cc2cc(F)ccc2o1.CC(C)N(C)c1nc2sc(C(=O)O)cc2nc1-c1ccc(F)cc1.CC(C)c1nc2cc(C(=O)O)oc2nc1N1CCOCC1.CN(c1ccccc1)c1nc2sc(C(=O)O)cc2nc1-c1ccc(F)cc1.CN(c1nc2sc(C(=O)O)cc2nc1-c1ccc(F)cc1)C1CCCCC1. The van der Waals surface area contributed by atoms with Crippen LogP contribution in [-0.4, -0.2) is 178 Å². The van der Waals surface area contributed by atoms with Gasteiger partial charge in [0.05, 0.1) is 18.9 Å². The highest BCUT2D eigenvalue weighted by Gasteiger charge is 2.30. The van der Waals surface area contributed by atoms with Crippen molar-refractivity contribution in [1.82, 2.24) is 49.8 Å². The van der Waals surface area contributed by atoms with Crippen LogP contribution in [0.3, 0.4) is 0 Å². The van der Waals surface area contributed by atoms with Crippen LogP contribution in [0.5, 0.6) is 0 Å². The molecule has 0 atom stereocenters. The summed E-state index contributed by atoms with van der Waals surface area (Å²) in [5.74, 6) is -3.27. The number of fused-ring (bicyclic) bond motifs is 6. The van der Waals surface area contributed by atoms with E-state index >= 15 is 0 Å². The van der Waals surface area contributed by atoms with E-state index in [1.165, 1.54) is 92.1 Å². The number of anilines is 6. The molecule has 0 bridgehead atoms. The molecule has 5 aromatic carbocycles. The van der Waals surface area contributed by atoms with E-state index in [0.29, 0.717) is 124 Å². The number of carboxylic acids is 5. The number of thiophene rings is 3. The van der Waals surface area contributed by atoms with Crippen LogP contribution in [0.1, 0.15) is 135 Å². The fraction of sp³-hybridized carbons (Fsp3) is 0.256. The predicted molar refractivity (Wildman–Crippen MR) is 476 cm³/mol. The van der Waals surface area contributed by atoms with Crippen LogP contribution in [0.4, 0.5) is 52.3 Å². The van der Waals surface area contributed by atoms with Crippen LogP contribution >= 0.6 is 34.0 Å². The number of halogens is 4. The summed E-state index contributed by atoms with van der Waals surface area (Å²) in [6.45, 7) is 14.9. The zero-order valence-electron chi connectivity index (χ0n) is 69.5. The Labute approximate surface area is 728 Å². The van der Waals surface area contributed by atoms with Crippen LogP contribution < -0.4 is 24.5 Å². The molecule has 0 unspecified atom stereocenters. The summed E-state index contributed by atoms with van der Waals surface area (Å²) in [6.07, 6.45) is 5.85. The molecule has 2 fully saturated rings. The minimum absolute atomic E-state index is 0.0891. The maximum Gasteiger partial charge on any atom is 0.371 e. The molecule has 2 aliphatic rings. The first kappa shape index (κ1) is 88.3. The Morgan fingerprint density at radius 3 is 1.31 bits per heavy atom. The maximum absolute atomic E-state index is 13.5. The highest BCUT2D eigenvalue weighted by molar-refractivity contribution is 7.21. The molecule has 1 aliphatic heterocycles. The van der Waals surface area contributed by atoms with Gasteiger partial charge in [0.15, 0.2) is 34.8 Å². The lowest BCUT2D eigenvalue weighted by molar-refractivity contribution is 0.0655. The third-order valence-electron chi connectivity index (χ3n) is 20.9. The normalized spacial score (nSPS) is 12.8. The molecule has 1 aliphatic carbocycles. The number of furan rings is 3. The molecule has 0 amide bonds. The molecule has 1 saturated carbocycles. The number of hydrogen-bond acceptors (Lipinski definition) is 27. The molecule has 0 spiro atoms. The first-order valence-corrected chi connectivity index (χ1v) is 42.3. The number of aromatic carboxylic acids is 5. The van der Waals surface area contributed by atoms with E-state index in [9.17, 15) is 56.9 Å². The van der Waals surface area contributed by atoms with Crippen molar-refractivity contribution >= 4 is 163 Å². The number of aromatic nitrogens is 10. The topological polar surface area (TPSA) is 380 Å². The Morgan fingerprint density at radius 2 is 0.849 bits per heavy atom. The third-order valence-corrected chi connectivity index (χ3v) is 23.9. The zero-order chi connectivity index (χ0) is 89.6. The van der Waals surface area contributed by atoms with Gasteiger partial charge >= 0.3 is 29.8 Å². The summed E-state index contributed by atoms with van der Waals surface area (Å²) in [7, 11) is 7.63. The first-order valence-electron chi connectivity index (χ1n) is 39.8. The van der Waals surface area contributed by atoms with Crippen molar-refractivity contribution in [3.8, 4) is 45.2 Å². The Bertz CT molecular complexity index is 6720. The molecular formula is C90H83F4N15O14S3. The number of morpholine rings is 1. The van der Waals surface area contributed by atoms with Gasteiger partial charge in [0.1, 0.15) is 108 Å². The van der Waals surface area contributed by atoms with Gasteiger partial charge in [0, 0.05) is 99.3 Å². The van der Waals surface area contributed by atoms with E-state index in [1.54, 1.807) is 54.6 Å². The number of para-hydroxylation sites is 1. The summed E-state index contributed by atoms with van der Waals surface area (Å²) in [6, 6.07) is 41.7. The number of ether oxygens (including phenoxy) is 1. The molecule has 29 nitrogen and oxygen atoms in total. The van der Waals surface area contributed by atoms with Gasteiger partial charge in [-0.15, -0.1) is 34.0 Å². The number of carboxylic acid groups (broad SMARTS) is 5. The smallest absolute Gasteiger partial charge is 0.371 e. The van der Waals surface area contributed by atoms with Crippen LogP contribution in [0.25, 0.3) is 110 Å². The maximum atomic E-state index is 13.5. The molecular weight excluding hydrogens is 1690 g/mol. The predicted octanol–water partition coefficient (Wildman–Crippen LogP) is 20.2. The Morgan fingerprint density at radius 1 is 0.429 bits per heavy atom. The van der Waals surface area contributed by atoms with E-state index in [-0.39, 0.29) is 78.8 Å². The van der Waals surface area contributed by atoms with Gasteiger partial charge in [-0.25, -0.2) is 81.4 Å². The van der Waals surface area contributed by atoms with Crippen LogP contribution in [0, 0.1) is 23.3 Å². The van der Waals surface area contributed by atoms with Gasteiger partial charge in [-0.2, -0.15) is 9.97 Å². The fourth-order valence-electron chi connectivity index (χ4n) is 13.8. The Kier molecular flexibility index (Phi) is 26.7. The van der Waals surface area contributed by atoms with Gasteiger partial charge in [-0.1, -0.05) is 51.3 Å². The van der Waals surface area contributed by atoms with E-state index < -0.39 is 29.8 Å². The number of rotatable bonds is 19. The van der Waals surface area contributed by atoms with Gasteiger partial charge < -0.3 is 68.0 Å². The Balaban J connectivity index is 0.000000128. The van der Waals surface area contributed by atoms with E-state index in [0.717, 1.165) is 94.1 Å². The standard InChI is InChI=1S/C20H20FN3O2S.C20H14FN3O2S.C19H16FN3O4.C17H16FN3O2S.C14H17N3O4/c2*1-24(14-5-3-2-4-6-14)18-17(12-7-9-13(21)10-8-12)22-15-11-16(20(25)26)27-19(15)23-18;1-9(2)23(3)17-16(14-7-10-6-11(20)4-5-13(10)26-14)21-12-8-15(19(24)25)27-18(12)22-17;1-9(2)21(3)15-14(10-4-6-11(18)7-5-10)19-12-8-13(17(22)23)24-16(12)20-15;1-8(2)11-12(17-3-5-20-6-4-17)16-13-9(15-11)7-10(21-13)14(18)19/h7-11,14H,2-6H2,1H3,(H,25,26);2-11H,1H3,(H,25,26);4-9H,1-3H3,(H,24,25);4-9H,1-3H3,(H,22,23);7-8H,3-6H2,1-2H3,(H,18,19). The number of hydrogen-bond donors (Lipinski definition) is 5. The first-order chi connectivity index (χ1) is 60.3. The van der Waals surface area contributed by atoms with Crippen molar-refractivity contribution in [2.75, 3.05) is 79.0 Å². The van der Waals surface area contributed by atoms with Crippen LogP contribution in [0.15, 0.2) is 171 Å². The molecule has 16 aromatic rings. The second-order valence-electron chi connectivity index (χ2n) is 30.3. The molecule has 5 N–H and O–H groups in total. The molecule has 11 aromatic heterocycles. The minimum atomic E-state index is -1.20. The minimum Gasteiger partial charge on any atom is -0.477 e. The zero-order valence-corrected chi connectivity index (χ0v) is 72.0. The van der Waals surface area contributed by atoms with Crippen molar-refractivity contribution in [1.29, 1.82) is 0 Å². The van der Waals surface area contributed by atoms with Crippen molar-refractivity contribution in [3.05, 3.63) is 213 Å². The monoisotopic (exact) mass is 1770 g/mol. The largest absolute Gasteiger partial charge is 0.477 e. The second kappa shape index (κ2) is 38.0. The van der Waals surface area contributed by atoms with Crippen LogP contribution in [-0.2, 0) is 4.74 Å². The van der Waals surface area contributed by atoms with Crippen LogP contribution in [0.2, 0.25) is 0 Å². The van der Waals surface area contributed by atoms with Gasteiger partial charge in [-0.3, -0.25) is 0 Å². The van der Waals surface area contributed by atoms with Gasteiger partial charge in [0.25, 0.3) is 0 Å². The molecule has 126 heavy (non-hydrogen) atoms. The van der Waals surface area contributed by atoms with Crippen molar-refractivity contribution in [2.45, 2.75) is 97.7 Å². The third kappa shape index (κ3) is 19.8. The summed E-state index contributed by atoms with van der Waals surface area (Å²) in [4.78, 5) is 114. The molecule has 12 heterocycles. The van der Waals surface area contributed by atoms with Gasteiger partial charge in [0.2, 0.25) is 22.9 Å². The quantitative estimate of drug-likeness (QED) is 0.0469. The molecule has 18 rings (SSSR count). The average molecular weight is 1770 g/mol. The van der Waals surface area contributed by atoms with Gasteiger partial charge in [-0.05, 0) is 174 Å². The number of nitrogens with zero attached hydrogens (tertiary/aromatic N) is 15. The summed E-state index contributed by atoms with van der Waals surface area (Å²) in [5.41, 5.74) is 9.47. The van der Waals surface area contributed by atoms with E-state index in [4.69, 9.17) is 38.2 Å². The van der Waals surface area contributed by atoms with Crippen molar-refractivity contribution in [2.24, 2.45) is 0 Å². The summed E-state index contributed by atoms with van der Waals surface area (Å²) < 4.78 is 75.2. The van der Waals surface area contributed by atoms with E-state index in [1.807, 2.05) is 115 Å². The number of benzene rings is 5. The summed E-state index contributed by atoms with van der Waals surface area (Å²) >= 11 is 3.30. The molecule has 1 saturated heterocycles. The lowest BCUT2D eigenvalue weighted by atomic mass is 9.94.